The van der Waals surface area contributed by atoms with Crippen LogP contribution in [0.15, 0.2) is 41.0 Å². The second-order valence-corrected chi connectivity index (χ2v) is 6.04. The molecular weight excluding hydrogens is 304 g/mol. The summed E-state index contributed by atoms with van der Waals surface area (Å²) in [6, 6.07) is 10.00. The molecule has 1 aromatic carbocycles. The van der Waals surface area contributed by atoms with E-state index in [1.807, 2.05) is 30.9 Å². The van der Waals surface area contributed by atoms with Crippen LogP contribution in [0.3, 0.4) is 0 Å². The Morgan fingerprint density at radius 2 is 1.83 bits per heavy atom. The molecule has 2 heterocycles. The number of carbonyl (C=O) groups excluding carboxylic acids is 1. The molecule has 0 N–H and O–H groups in total. The molecule has 0 atom stereocenters. The normalized spacial score (nSPS) is 15.5. The second-order valence-electron chi connectivity index (χ2n) is 6.04. The summed E-state index contributed by atoms with van der Waals surface area (Å²) in [5.74, 6) is 1.67. The van der Waals surface area contributed by atoms with Gasteiger partial charge in [0.25, 0.3) is 5.91 Å². The number of piperazine rings is 1. The summed E-state index contributed by atoms with van der Waals surface area (Å²) in [6.07, 6.45) is 1.57. The predicted molar refractivity (Wildman–Crippen MR) is 92.2 cm³/mol. The van der Waals surface area contributed by atoms with E-state index in [1.165, 1.54) is 5.56 Å². The molecule has 5 nitrogen and oxygen atoms in total. The monoisotopic (exact) mass is 328 g/mol. The van der Waals surface area contributed by atoms with Gasteiger partial charge in [-0.05, 0) is 37.6 Å². The number of rotatable bonds is 5. The zero-order chi connectivity index (χ0) is 16.9. The zero-order valence-electron chi connectivity index (χ0n) is 14.3. The third-order valence-corrected chi connectivity index (χ3v) is 4.39. The third-order valence-electron chi connectivity index (χ3n) is 4.39. The maximum atomic E-state index is 12.5. The highest BCUT2D eigenvalue weighted by molar-refractivity contribution is 5.95. The molecule has 1 aliphatic heterocycles. The van der Waals surface area contributed by atoms with Gasteiger partial charge in [-0.1, -0.05) is 12.1 Å². The number of aryl methyl sites for hydroxylation is 1. The Morgan fingerprint density at radius 3 is 2.42 bits per heavy atom. The minimum atomic E-state index is 0.0713. The molecule has 1 saturated heterocycles. The van der Waals surface area contributed by atoms with Crippen LogP contribution in [0.1, 0.15) is 28.6 Å². The van der Waals surface area contributed by atoms with Crippen LogP contribution in [0.25, 0.3) is 0 Å². The van der Waals surface area contributed by atoms with Crippen molar-refractivity contribution < 1.29 is 13.9 Å². The highest BCUT2D eigenvalue weighted by Crippen LogP contribution is 2.17. The lowest BCUT2D eigenvalue weighted by Gasteiger charge is -2.34. The number of furan rings is 1. The Kier molecular flexibility index (Phi) is 5.20. The van der Waals surface area contributed by atoms with Gasteiger partial charge in [0.05, 0.1) is 18.4 Å². The Bertz CT molecular complexity index is 670. The van der Waals surface area contributed by atoms with Gasteiger partial charge in [-0.25, -0.2) is 0 Å². The molecule has 0 bridgehead atoms. The number of hydrogen-bond acceptors (Lipinski definition) is 4. The van der Waals surface area contributed by atoms with Crippen molar-refractivity contribution in [3.05, 3.63) is 53.5 Å². The number of nitrogens with zero attached hydrogens (tertiary/aromatic N) is 2. The van der Waals surface area contributed by atoms with Crippen molar-refractivity contribution in [1.29, 1.82) is 0 Å². The van der Waals surface area contributed by atoms with E-state index in [9.17, 15) is 4.79 Å². The fraction of sp³-hybridized carbons (Fsp3) is 0.421. The van der Waals surface area contributed by atoms with Crippen molar-refractivity contribution in [3.8, 4) is 5.75 Å². The molecule has 3 rings (SSSR count). The van der Waals surface area contributed by atoms with Crippen molar-refractivity contribution in [2.75, 3.05) is 32.8 Å². The van der Waals surface area contributed by atoms with Crippen LogP contribution in [0.4, 0.5) is 0 Å². The lowest BCUT2D eigenvalue weighted by Crippen LogP contribution is -2.48. The molecule has 24 heavy (non-hydrogen) atoms. The van der Waals surface area contributed by atoms with Crippen LogP contribution in [0, 0.1) is 6.92 Å². The van der Waals surface area contributed by atoms with E-state index in [0.29, 0.717) is 17.9 Å². The molecule has 0 aliphatic carbocycles. The van der Waals surface area contributed by atoms with E-state index in [1.54, 1.807) is 12.3 Å². The Morgan fingerprint density at radius 1 is 1.12 bits per heavy atom. The maximum Gasteiger partial charge on any atom is 0.257 e. The minimum absolute atomic E-state index is 0.0713. The van der Waals surface area contributed by atoms with E-state index in [4.69, 9.17) is 9.15 Å². The van der Waals surface area contributed by atoms with E-state index in [-0.39, 0.29) is 5.91 Å². The SMILES string of the molecule is CCOc1ccc(CN2CCN(C(=O)c3ccoc3C)CC2)cc1. The summed E-state index contributed by atoms with van der Waals surface area (Å²) in [5.41, 5.74) is 1.94. The smallest absolute Gasteiger partial charge is 0.257 e. The molecule has 128 valence electrons. The van der Waals surface area contributed by atoms with Gasteiger partial charge < -0.3 is 14.1 Å². The van der Waals surface area contributed by atoms with Gasteiger partial charge in [0.15, 0.2) is 0 Å². The van der Waals surface area contributed by atoms with Gasteiger partial charge in [-0.2, -0.15) is 0 Å². The van der Waals surface area contributed by atoms with Crippen molar-refractivity contribution in [1.82, 2.24) is 9.80 Å². The van der Waals surface area contributed by atoms with Crippen LogP contribution in [-0.4, -0.2) is 48.5 Å². The second kappa shape index (κ2) is 7.53. The standard InChI is InChI=1S/C19H24N2O3/c1-3-23-17-6-4-16(5-7-17)14-20-9-11-21(12-10-20)19(22)18-8-13-24-15(18)2/h4-8,13H,3,9-12,14H2,1-2H3. The molecule has 0 spiro atoms. The Balaban J connectivity index is 1.51. The van der Waals surface area contributed by atoms with Gasteiger partial charge in [0.1, 0.15) is 11.5 Å². The lowest BCUT2D eigenvalue weighted by atomic mass is 10.1. The predicted octanol–water partition coefficient (Wildman–Crippen LogP) is 2.94. The summed E-state index contributed by atoms with van der Waals surface area (Å²) >= 11 is 0. The number of hydrogen-bond donors (Lipinski definition) is 0. The lowest BCUT2D eigenvalue weighted by molar-refractivity contribution is 0.0626. The molecule has 5 heteroatoms. The fourth-order valence-corrected chi connectivity index (χ4v) is 3.00. The number of carbonyl (C=O) groups is 1. The van der Waals surface area contributed by atoms with E-state index >= 15 is 0 Å². The Hall–Kier alpha value is -2.27. The van der Waals surface area contributed by atoms with Crippen LogP contribution in [-0.2, 0) is 6.54 Å². The molecular formula is C19H24N2O3. The largest absolute Gasteiger partial charge is 0.494 e. The third kappa shape index (κ3) is 3.79. The number of amides is 1. The molecule has 0 saturated carbocycles. The summed E-state index contributed by atoms with van der Waals surface area (Å²) in [5, 5.41) is 0. The number of ether oxygens (including phenoxy) is 1. The molecule has 0 radical (unpaired) electrons. The van der Waals surface area contributed by atoms with Gasteiger partial charge in [0.2, 0.25) is 0 Å². The molecule has 1 aromatic heterocycles. The summed E-state index contributed by atoms with van der Waals surface area (Å²) in [7, 11) is 0. The van der Waals surface area contributed by atoms with E-state index in [2.05, 4.69) is 17.0 Å². The van der Waals surface area contributed by atoms with Gasteiger partial charge in [-0.15, -0.1) is 0 Å². The van der Waals surface area contributed by atoms with Crippen LogP contribution in [0.2, 0.25) is 0 Å². The van der Waals surface area contributed by atoms with Crippen molar-refractivity contribution in [2.45, 2.75) is 20.4 Å². The topological polar surface area (TPSA) is 45.9 Å². The Labute approximate surface area is 142 Å². The van der Waals surface area contributed by atoms with Crippen molar-refractivity contribution in [2.24, 2.45) is 0 Å². The zero-order valence-corrected chi connectivity index (χ0v) is 14.3. The van der Waals surface area contributed by atoms with Crippen LogP contribution >= 0.6 is 0 Å². The average Bonchev–Trinajstić information content (AvgIpc) is 3.03. The van der Waals surface area contributed by atoms with E-state index in [0.717, 1.165) is 38.5 Å². The van der Waals surface area contributed by atoms with Gasteiger partial charge >= 0.3 is 0 Å². The minimum Gasteiger partial charge on any atom is -0.494 e. The maximum absolute atomic E-state index is 12.5. The summed E-state index contributed by atoms with van der Waals surface area (Å²) in [4.78, 5) is 16.8. The van der Waals surface area contributed by atoms with Gasteiger partial charge in [0, 0.05) is 32.7 Å². The molecule has 0 unspecified atom stereocenters. The first-order valence-corrected chi connectivity index (χ1v) is 8.45. The summed E-state index contributed by atoms with van der Waals surface area (Å²) < 4.78 is 10.7. The average molecular weight is 328 g/mol. The molecule has 2 aromatic rings. The quantitative estimate of drug-likeness (QED) is 0.846. The van der Waals surface area contributed by atoms with Gasteiger partial charge in [-0.3, -0.25) is 9.69 Å². The number of benzene rings is 1. The highest BCUT2D eigenvalue weighted by Gasteiger charge is 2.24. The van der Waals surface area contributed by atoms with Crippen LogP contribution in [0.5, 0.6) is 5.75 Å². The van der Waals surface area contributed by atoms with Crippen molar-refractivity contribution >= 4 is 5.91 Å². The highest BCUT2D eigenvalue weighted by atomic mass is 16.5. The van der Waals surface area contributed by atoms with Crippen LogP contribution < -0.4 is 4.74 Å². The van der Waals surface area contributed by atoms with Crippen molar-refractivity contribution in [3.63, 3.8) is 0 Å². The molecule has 1 amide bonds. The first-order chi connectivity index (χ1) is 11.7. The fourth-order valence-electron chi connectivity index (χ4n) is 3.00. The van der Waals surface area contributed by atoms with E-state index < -0.39 is 0 Å². The first-order valence-electron chi connectivity index (χ1n) is 8.45. The molecule has 1 aliphatic rings. The first kappa shape index (κ1) is 16.6. The molecule has 1 fully saturated rings. The summed E-state index contributed by atoms with van der Waals surface area (Å²) in [6.45, 7) is 8.67.